The van der Waals surface area contributed by atoms with Gasteiger partial charge in [0.05, 0.1) is 24.9 Å². The smallest absolute Gasteiger partial charge is 0.333 e. The number of carboxylic acid groups (broad SMARTS) is 1. The number of aliphatic hydroxyl groups is 6. The van der Waals surface area contributed by atoms with E-state index in [1.54, 1.807) is 37.3 Å². The molecule has 1 saturated carbocycles. The fourth-order valence-electron chi connectivity index (χ4n) is 5.38. The van der Waals surface area contributed by atoms with E-state index in [1.165, 1.54) is 0 Å². The lowest BCUT2D eigenvalue weighted by Crippen LogP contribution is -2.62. The molecule has 2 heterocycles. The van der Waals surface area contributed by atoms with Crippen LogP contribution in [0.15, 0.2) is 30.3 Å². The maximum atomic E-state index is 12.0. The Bertz CT molecular complexity index is 934. The first-order valence-electron chi connectivity index (χ1n) is 13.7. The topological polar surface area (TPSA) is 205 Å². The van der Waals surface area contributed by atoms with Crippen LogP contribution in [0.3, 0.4) is 0 Å². The van der Waals surface area contributed by atoms with Gasteiger partial charge < -0.3 is 59.4 Å². The number of benzene rings is 1. The van der Waals surface area contributed by atoms with Crippen molar-refractivity contribution in [3.05, 3.63) is 35.9 Å². The molecule has 0 radical (unpaired) electrons. The molecule has 3 aliphatic rings. The molecule has 0 spiro atoms. The van der Waals surface area contributed by atoms with Crippen molar-refractivity contribution in [3.63, 3.8) is 0 Å². The Morgan fingerprint density at radius 2 is 1.48 bits per heavy atom. The molecule has 2 saturated heterocycles. The van der Waals surface area contributed by atoms with Crippen molar-refractivity contribution in [1.82, 2.24) is 0 Å². The lowest BCUT2D eigenvalue weighted by molar-refractivity contribution is -0.345. The summed E-state index contributed by atoms with van der Waals surface area (Å²) in [5, 5.41) is 72.0. The molecule has 2 aliphatic heterocycles. The highest BCUT2D eigenvalue weighted by Gasteiger charge is 2.49. The predicted octanol–water partition coefficient (Wildman–Crippen LogP) is -1.32. The molecule has 13 atom stereocenters. The molecule has 1 aromatic rings. The molecule has 7 N–H and O–H groups in total. The summed E-state index contributed by atoms with van der Waals surface area (Å²) >= 11 is 0. The molecule has 0 unspecified atom stereocenters. The van der Waals surface area contributed by atoms with Crippen molar-refractivity contribution in [2.75, 3.05) is 6.61 Å². The Morgan fingerprint density at radius 3 is 2.05 bits per heavy atom. The molecule has 40 heavy (non-hydrogen) atoms. The maximum Gasteiger partial charge on any atom is 0.333 e. The minimum absolute atomic E-state index is 0.0243. The van der Waals surface area contributed by atoms with Gasteiger partial charge in [-0.1, -0.05) is 43.2 Å². The standard InChI is InChI=1S/C27H40O13/c1-13-19(29)21(31)22(32)26(36-13)38-15-9-5-6-10-16(15)39-27-23(33)24(20(30)18(12-28)40-27)37-17(25(34)35)11-14-7-3-2-4-8-14/h2-4,7-8,13,15-24,26-33H,5-6,9-12H2,1H3,(H,34,35)/t13-,15+,16+,17-,18+,19+,20-,21+,22-,23+,24-,26-,27+/m0/s1. The van der Waals surface area contributed by atoms with Crippen LogP contribution in [0.2, 0.25) is 0 Å². The van der Waals surface area contributed by atoms with Crippen LogP contribution in [0.25, 0.3) is 0 Å². The first-order chi connectivity index (χ1) is 19.1. The van der Waals surface area contributed by atoms with Crippen molar-refractivity contribution in [3.8, 4) is 0 Å². The molecule has 1 aliphatic carbocycles. The van der Waals surface area contributed by atoms with E-state index in [0.717, 1.165) is 12.8 Å². The van der Waals surface area contributed by atoms with Crippen LogP contribution in [-0.2, 0) is 34.9 Å². The van der Waals surface area contributed by atoms with Crippen molar-refractivity contribution in [1.29, 1.82) is 0 Å². The van der Waals surface area contributed by atoms with E-state index in [-0.39, 0.29) is 6.42 Å². The molecule has 0 bridgehead atoms. The van der Waals surface area contributed by atoms with Crippen molar-refractivity contribution < 1.29 is 64.2 Å². The van der Waals surface area contributed by atoms with Gasteiger partial charge in [0, 0.05) is 6.42 Å². The summed E-state index contributed by atoms with van der Waals surface area (Å²) < 4.78 is 29.0. The van der Waals surface area contributed by atoms with E-state index in [1.807, 2.05) is 0 Å². The average molecular weight is 573 g/mol. The third-order valence-electron chi connectivity index (χ3n) is 7.75. The Kier molecular flexibility index (Phi) is 10.9. The number of ether oxygens (including phenoxy) is 5. The zero-order valence-corrected chi connectivity index (χ0v) is 22.2. The van der Waals surface area contributed by atoms with Crippen molar-refractivity contribution in [2.24, 2.45) is 0 Å². The number of carbonyl (C=O) groups is 1. The zero-order valence-electron chi connectivity index (χ0n) is 22.2. The summed E-state index contributed by atoms with van der Waals surface area (Å²) in [5.41, 5.74) is 0.679. The van der Waals surface area contributed by atoms with Crippen LogP contribution in [0, 0.1) is 0 Å². The van der Waals surface area contributed by atoms with Crippen LogP contribution in [0.5, 0.6) is 0 Å². The Labute approximate surface area is 231 Å². The van der Waals surface area contributed by atoms with Crippen LogP contribution in [-0.4, -0.2) is 128 Å². The van der Waals surface area contributed by atoms with E-state index in [2.05, 4.69) is 0 Å². The molecule has 4 rings (SSSR count). The third-order valence-corrected chi connectivity index (χ3v) is 7.75. The van der Waals surface area contributed by atoms with Crippen LogP contribution < -0.4 is 0 Å². The summed E-state index contributed by atoms with van der Waals surface area (Å²) in [4.78, 5) is 12.0. The largest absolute Gasteiger partial charge is 0.479 e. The highest BCUT2D eigenvalue weighted by atomic mass is 16.7. The summed E-state index contributed by atoms with van der Waals surface area (Å²) in [7, 11) is 0. The second kappa shape index (κ2) is 13.9. The first-order valence-corrected chi connectivity index (χ1v) is 13.7. The second-order valence-electron chi connectivity index (χ2n) is 10.6. The molecule has 226 valence electrons. The SMILES string of the molecule is C[C@@H]1O[C@@H](O[C@@H]2CCCC[C@H]2O[C@@H]2O[C@H](CO)[C@H](O)[C@H](O[C@@H](Cc3ccccc3)C(=O)O)[C@H]2O)[C@@H](O)[C@H](O)[C@@H]1O. The van der Waals surface area contributed by atoms with Gasteiger partial charge in [-0.25, -0.2) is 4.79 Å². The van der Waals surface area contributed by atoms with Crippen LogP contribution >= 0.6 is 0 Å². The van der Waals surface area contributed by atoms with Gasteiger partial charge in [-0.3, -0.25) is 0 Å². The molecule has 1 aromatic carbocycles. The molecule has 13 heteroatoms. The number of aliphatic carboxylic acids is 1. The van der Waals surface area contributed by atoms with Gasteiger partial charge in [0.2, 0.25) is 0 Å². The molecule has 13 nitrogen and oxygen atoms in total. The predicted molar refractivity (Wildman–Crippen MR) is 135 cm³/mol. The van der Waals surface area contributed by atoms with Gasteiger partial charge in [0.15, 0.2) is 18.7 Å². The lowest BCUT2D eigenvalue weighted by atomic mass is 9.93. The van der Waals surface area contributed by atoms with Gasteiger partial charge in [-0.15, -0.1) is 0 Å². The molecule has 3 fully saturated rings. The minimum Gasteiger partial charge on any atom is -0.479 e. The first kappa shape index (κ1) is 31.2. The fraction of sp³-hybridized carbons (Fsp3) is 0.741. The Hall–Kier alpha value is -1.75. The van der Waals surface area contributed by atoms with Gasteiger partial charge in [-0.05, 0) is 25.3 Å². The molecular formula is C27H40O13. The van der Waals surface area contributed by atoms with E-state index < -0.39 is 92.3 Å². The van der Waals surface area contributed by atoms with E-state index >= 15 is 0 Å². The van der Waals surface area contributed by atoms with E-state index in [9.17, 15) is 40.5 Å². The normalized spacial score (nSPS) is 41.4. The maximum absolute atomic E-state index is 12.0. The zero-order chi connectivity index (χ0) is 29.0. The highest BCUT2D eigenvalue weighted by Crippen LogP contribution is 2.33. The quantitative estimate of drug-likeness (QED) is 0.174. The van der Waals surface area contributed by atoms with Crippen molar-refractivity contribution in [2.45, 2.75) is 119 Å². The fourth-order valence-corrected chi connectivity index (χ4v) is 5.38. The Balaban J connectivity index is 1.46. The summed E-state index contributed by atoms with van der Waals surface area (Å²) in [6.07, 6.45) is -13.8. The molecule has 0 amide bonds. The number of carboxylic acids is 1. The Morgan fingerprint density at radius 1 is 0.875 bits per heavy atom. The lowest BCUT2D eigenvalue weighted by Gasteiger charge is -2.45. The molecule has 0 aromatic heterocycles. The average Bonchev–Trinajstić information content (AvgIpc) is 2.95. The van der Waals surface area contributed by atoms with Gasteiger partial charge in [-0.2, -0.15) is 0 Å². The van der Waals surface area contributed by atoms with Gasteiger partial charge in [0.1, 0.15) is 42.7 Å². The van der Waals surface area contributed by atoms with E-state index in [4.69, 9.17) is 23.7 Å². The number of hydrogen-bond acceptors (Lipinski definition) is 12. The number of hydrogen-bond donors (Lipinski definition) is 7. The van der Waals surface area contributed by atoms with Crippen LogP contribution in [0.1, 0.15) is 38.2 Å². The van der Waals surface area contributed by atoms with Crippen molar-refractivity contribution >= 4 is 5.97 Å². The van der Waals surface area contributed by atoms with Gasteiger partial charge >= 0.3 is 5.97 Å². The second-order valence-corrected chi connectivity index (χ2v) is 10.6. The summed E-state index contributed by atoms with van der Waals surface area (Å²) in [5.74, 6) is -1.29. The summed E-state index contributed by atoms with van der Waals surface area (Å²) in [6.45, 7) is 0.898. The van der Waals surface area contributed by atoms with E-state index in [0.29, 0.717) is 18.4 Å². The number of rotatable bonds is 10. The molecular weight excluding hydrogens is 532 g/mol. The van der Waals surface area contributed by atoms with Gasteiger partial charge in [0.25, 0.3) is 0 Å². The minimum atomic E-state index is -1.62. The highest BCUT2D eigenvalue weighted by molar-refractivity contribution is 5.72. The number of aliphatic hydroxyl groups excluding tert-OH is 6. The van der Waals surface area contributed by atoms with Crippen LogP contribution in [0.4, 0.5) is 0 Å². The monoisotopic (exact) mass is 572 g/mol. The summed E-state index contributed by atoms with van der Waals surface area (Å²) in [6, 6.07) is 8.75. The third kappa shape index (κ3) is 7.17.